The summed E-state index contributed by atoms with van der Waals surface area (Å²) in [5.41, 5.74) is 6.90. The van der Waals surface area contributed by atoms with Crippen LogP contribution < -0.4 is 11.1 Å². The van der Waals surface area contributed by atoms with Gasteiger partial charge in [0, 0.05) is 24.4 Å². The fourth-order valence-corrected chi connectivity index (χ4v) is 2.16. The molecule has 0 aliphatic heterocycles. The Morgan fingerprint density at radius 3 is 2.74 bits per heavy atom. The highest BCUT2D eigenvalue weighted by Gasteiger charge is 2.17. The molecule has 5 nitrogen and oxygen atoms in total. The van der Waals surface area contributed by atoms with Crippen molar-refractivity contribution in [3.8, 4) is 0 Å². The summed E-state index contributed by atoms with van der Waals surface area (Å²) in [5.74, 6) is 0.430. The molecule has 0 fully saturated rings. The third-order valence-corrected chi connectivity index (χ3v) is 3.15. The van der Waals surface area contributed by atoms with Gasteiger partial charge < -0.3 is 15.8 Å². The predicted molar refractivity (Wildman–Crippen MR) is 91.4 cm³/mol. The van der Waals surface area contributed by atoms with E-state index in [0.29, 0.717) is 25.7 Å². The zero-order valence-corrected chi connectivity index (χ0v) is 15.0. The van der Waals surface area contributed by atoms with Crippen molar-refractivity contribution in [1.29, 1.82) is 0 Å². The Labute approximate surface area is 136 Å². The molecule has 3 N–H and O–H groups in total. The Balaban J connectivity index is 0.00000324. The lowest BCUT2D eigenvalue weighted by atomic mass is 9.93. The predicted octanol–water partition coefficient (Wildman–Crippen LogP) is 2.11. The molecule has 0 atom stereocenters. The van der Waals surface area contributed by atoms with Gasteiger partial charge in [-0.15, -0.1) is 35.3 Å². The number of guanidine groups is 1. The number of nitrogens with two attached hydrogens (primary N) is 1. The summed E-state index contributed by atoms with van der Waals surface area (Å²) in [6, 6.07) is 0. The Kier molecular flexibility index (Phi) is 8.51. The van der Waals surface area contributed by atoms with E-state index in [1.54, 1.807) is 18.4 Å². The van der Waals surface area contributed by atoms with Crippen molar-refractivity contribution in [3.63, 3.8) is 0 Å². The van der Waals surface area contributed by atoms with Crippen molar-refractivity contribution >= 4 is 41.3 Å². The topological polar surface area (TPSA) is 72.5 Å². The monoisotopic (exact) mass is 398 g/mol. The van der Waals surface area contributed by atoms with Gasteiger partial charge in [-0.3, -0.25) is 0 Å². The highest BCUT2D eigenvalue weighted by molar-refractivity contribution is 14.0. The number of nitrogens with one attached hydrogen (secondary N) is 1. The number of hydrogen-bond acceptors (Lipinski definition) is 4. The van der Waals surface area contributed by atoms with Gasteiger partial charge in [-0.1, -0.05) is 20.8 Å². The smallest absolute Gasteiger partial charge is 0.189 e. The van der Waals surface area contributed by atoms with Gasteiger partial charge >= 0.3 is 0 Å². The molecule has 0 radical (unpaired) electrons. The van der Waals surface area contributed by atoms with Gasteiger partial charge in [0.2, 0.25) is 0 Å². The van der Waals surface area contributed by atoms with Crippen LogP contribution >= 0.6 is 35.3 Å². The average molecular weight is 398 g/mol. The van der Waals surface area contributed by atoms with Crippen molar-refractivity contribution < 1.29 is 4.74 Å². The van der Waals surface area contributed by atoms with Crippen LogP contribution in [0.4, 0.5) is 0 Å². The molecule has 19 heavy (non-hydrogen) atoms. The van der Waals surface area contributed by atoms with E-state index in [1.165, 1.54) is 0 Å². The Morgan fingerprint density at radius 1 is 1.53 bits per heavy atom. The molecule has 0 spiro atoms. The number of aromatic nitrogens is 1. The number of rotatable bonds is 5. The van der Waals surface area contributed by atoms with Crippen LogP contribution in [0.1, 0.15) is 31.5 Å². The molecule has 0 saturated heterocycles. The van der Waals surface area contributed by atoms with Gasteiger partial charge in [-0.2, -0.15) is 0 Å². The molecule has 7 heteroatoms. The van der Waals surface area contributed by atoms with Crippen LogP contribution in [0.5, 0.6) is 0 Å². The van der Waals surface area contributed by atoms with Gasteiger partial charge in [-0.25, -0.2) is 9.98 Å². The van der Waals surface area contributed by atoms with Gasteiger partial charge in [0.15, 0.2) is 5.96 Å². The summed E-state index contributed by atoms with van der Waals surface area (Å²) in [5, 5.41) is 6.04. The van der Waals surface area contributed by atoms with Crippen LogP contribution in [0.25, 0.3) is 0 Å². The summed E-state index contributed by atoms with van der Waals surface area (Å²) < 4.78 is 4.91. The second-order valence-corrected chi connectivity index (χ2v) is 5.94. The summed E-state index contributed by atoms with van der Waals surface area (Å²) in [7, 11) is 1.65. The number of halogens is 1. The number of hydrogen-bond donors (Lipinski definition) is 2. The van der Waals surface area contributed by atoms with Gasteiger partial charge in [0.1, 0.15) is 5.01 Å². The molecule has 0 bridgehead atoms. The van der Waals surface area contributed by atoms with Crippen LogP contribution in [0.2, 0.25) is 0 Å². The second-order valence-electron chi connectivity index (χ2n) is 5.00. The first-order chi connectivity index (χ1) is 8.43. The molecule has 1 aromatic rings. The molecule has 1 rings (SSSR count). The van der Waals surface area contributed by atoms with E-state index in [-0.39, 0.29) is 29.4 Å². The van der Waals surface area contributed by atoms with Crippen molar-refractivity contribution in [1.82, 2.24) is 10.3 Å². The summed E-state index contributed by atoms with van der Waals surface area (Å²) >= 11 is 1.62. The molecule has 0 unspecified atom stereocenters. The van der Waals surface area contributed by atoms with E-state index in [9.17, 15) is 0 Å². The minimum absolute atomic E-state index is 0. The summed E-state index contributed by atoms with van der Waals surface area (Å²) in [6.45, 7) is 8.24. The molecule has 0 aliphatic rings. The SMILES string of the molecule is COCCNC(N)=NCc1nc(C(C)(C)C)cs1.I. The minimum atomic E-state index is 0. The molecule has 110 valence electrons. The maximum absolute atomic E-state index is 5.72. The molecular weight excluding hydrogens is 375 g/mol. The number of aliphatic imine (C=N–C) groups is 1. The molecular formula is C12H23IN4OS. The lowest BCUT2D eigenvalue weighted by Gasteiger charge is -2.14. The van der Waals surface area contributed by atoms with E-state index in [4.69, 9.17) is 10.5 Å². The number of ether oxygens (including phenoxy) is 1. The maximum Gasteiger partial charge on any atom is 0.189 e. The highest BCUT2D eigenvalue weighted by Crippen LogP contribution is 2.24. The fourth-order valence-electron chi connectivity index (χ4n) is 1.22. The van der Waals surface area contributed by atoms with Crippen molar-refractivity contribution in [2.45, 2.75) is 32.7 Å². The number of nitrogens with zero attached hydrogens (tertiary/aromatic N) is 2. The van der Waals surface area contributed by atoms with E-state index >= 15 is 0 Å². The quantitative estimate of drug-likeness (QED) is 0.345. The van der Waals surface area contributed by atoms with Crippen LogP contribution in [-0.2, 0) is 16.7 Å². The maximum atomic E-state index is 5.72. The molecule has 0 saturated carbocycles. The van der Waals surface area contributed by atoms with Crippen LogP contribution in [-0.4, -0.2) is 31.2 Å². The molecule has 0 aliphatic carbocycles. The van der Waals surface area contributed by atoms with Crippen molar-refractivity contribution in [2.75, 3.05) is 20.3 Å². The number of methoxy groups -OCH3 is 1. The zero-order chi connectivity index (χ0) is 13.6. The lowest BCUT2D eigenvalue weighted by molar-refractivity contribution is 0.204. The zero-order valence-electron chi connectivity index (χ0n) is 11.9. The van der Waals surface area contributed by atoms with Gasteiger partial charge in [-0.05, 0) is 0 Å². The normalized spacial score (nSPS) is 12.1. The number of thiazole rings is 1. The first-order valence-electron chi connectivity index (χ1n) is 5.91. The third kappa shape index (κ3) is 7.07. The second kappa shape index (κ2) is 8.70. The molecule has 1 aromatic heterocycles. The summed E-state index contributed by atoms with van der Waals surface area (Å²) in [6.07, 6.45) is 0. The average Bonchev–Trinajstić information content (AvgIpc) is 2.75. The third-order valence-electron chi connectivity index (χ3n) is 2.32. The van der Waals surface area contributed by atoms with Crippen molar-refractivity contribution in [3.05, 3.63) is 16.1 Å². The first-order valence-corrected chi connectivity index (χ1v) is 6.79. The largest absolute Gasteiger partial charge is 0.383 e. The first kappa shape index (κ1) is 18.6. The van der Waals surface area contributed by atoms with Crippen LogP contribution in [0.3, 0.4) is 0 Å². The van der Waals surface area contributed by atoms with Gasteiger partial charge in [0.25, 0.3) is 0 Å². The standard InChI is InChI=1S/C12H22N4OS.HI/c1-12(2,3)9-8-18-10(16-9)7-15-11(13)14-5-6-17-4;/h8H,5-7H2,1-4H3,(H3,13,14,15);1H. The Morgan fingerprint density at radius 2 is 2.21 bits per heavy atom. The fraction of sp³-hybridized carbons (Fsp3) is 0.667. The van der Waals surface area contributed by atoms with E-state index in [0.717, 1.165) is 10.7 Å². The molecule has 0 aromatic carbocycles. The van der Waals surface area contributed by atoms with Gasteiger partial charge in [0.05, 0.1) is 18.8 Å². The van der Waals surface area contributed by atoms with Crippen LogP contribution in [0, 0.1) is 0 Å². The highest BCUT2D eigenvalue weighted by atomic mass is 127. The van der Waals surface area contributed by atoms with E-state index in [1.807, 2.05) is 0 Å². The minimum Gasteiger partial charge on any atom is -0.383 e. The van der Waals surface area contributed by atoms with E-state index in [2.05, 4.69) is 41.4 Å². The van der Waals surface area contributed by atoms with Crippen molar-refractivity contribution in [2.24, 2.45) is 10.7 Å². The Hall–Kier alpha value is -0.410. The summed E-state index contributed by atoms with van der Waals surface area (Å²) in [4.78, 5) is 8.79. The lowest BCUT2D eigenvalue weighted by Crippen LogP contribution is -2.34. The molecule has 0 amide bonds. The van der Waals surface area contributed by atoms with E-state index < -0.39 is 0 Å². The Bertz CT molecular complexity index is 401. The molecule has 1 heterocycles. The van der Waals surface area contributed by atoms with Crippen LogP contribution in [0.15, 0.2) is 10.4 Å².